The Morgan fingerprint density at radius 2 is 1.28 bits per heavy atom. The van der Waals surface area contributed by atoms with Crippen LogP contribution in [0.3, 0.4) is 0 Å². The van der Waals surface area contributed by atoms with Gasteiger partial charge >= 0.3 is 0 Å². The minimum atomic E-state index is -0.696. The van der Waals surface area contributed by atoms with Crippen molar-refractivity contribution in [1.29, 1.82) is 0 Å². The summed E-state index contributed by atoms with van der Waals surface area (Å²) in [6.07, 6.45) is 5.60. The van der Waals surface area contributed by atoms with Crippen LogP contribution in [-0.4, -0.2) is 71.1 Å². The molecule has 14 heteroatoms. The Hall–Kier alpha value is -5.08. The molecule has 0 saturated carbocycles. The molecule has 7 rings (SSSR count). The highest BCUT2D eigenvalue weighted by atomic mass is 16.5. The van der Waals surface area contributed by atoms with Crippen LogP contribution in [0.1, 0.15) is 79.2 Å². The minimum absolute atomic E-state index is 0.0787. The van der Waals surface area contributed by atoms with Gasteiger partial charge in [-0.3, -0.25) is 34.4 Å². The summed E-state index contributed by atoms with van der Waals surface area (Å²) in [6.45, 7) is 3.52. The molecule has 2 aromatic rings. The molecular weight excluding hydrogens is 644 g/mol. The standard InChI is InChI=1S/C36H40N6O8/c43-25(9-11-27(45)39-49)37-31-21-7-3-15-41-13-1-5-19(33(21)41)17-23(31)29-35(47)30(36(29)48)24-18-20-6-2-14-42-16-4-8-22(34(20)42)32(24)38-26(44)10-12-28(46)40-50/h17-18H,1-16H2,(H6,37,38,39,40,43,44,45,46,47,48,49,50)/p+1. The van der Waals surface area contributed by atoms with Crippen molar-refractivity contribution in [2.75, 3.05) is 41.7 Å². The second kappa shape index (κ2) is 13.7. The molecule has 50 heavy (non-hydrogen) atoms. The van der Waals surface area contributed by atoms with Gasteiger partial charge in [0.2, 0.25) is 34.8 Å². The van der Waals surface area contributed by atoms with E-state index in [4.69, 9.17) is 10.4 Å². The van der Waals surface area contributed by atoms with E-state index in [9.17, 15) is 29.1 Å². The molecule has 14 nitrogen and oxygen atoms in total. The number of allylic oxidation sites excluding steroid dienone is 2. The maximum Gasteiger partial charge on any atom is 0.243 e. The van der Waals surface area contributed by atoms with Crippen molar-refractivity contribution < 1.29 is 39.5 Å². The lowest BCUT2D eigenvalue weighted by Gasteiger charge is -2.39. The number of hydroxylamine groups is 2. The summed E-state index contributed by atoms with van der Waals surface area (Å²) < 4.78 is 2.30. The monoisotopic (exact) mass is 685 g/mol. The third-order valence-corrected chi connectivity index (χ3v) is 10.5. The van der Waals surface area contributed by atoms with Crippen LogP contribution in [0.25, 0.3) is 11.1 Å². The Morgan fingerprint density at radius 3 is 1.94 bits per heavy atom. The number of rotatable bonds is 9. The van der Waals surface area contributed by atoms with Gasteiger partial charge in [-0.1, -0.05) is 0 Å². The number of carbonyl (C=O) groups excluding carboxylic acids is 5. The van der Waals surface area contributed by atoms with E-state index in [-0.39, 0.29) is 42.6 Å². The third kappa shape index (κ3) is 5.92. The number of hydrogen-bond donors (Lipinski definition) is 7. The molecule has 0 saturated heterocycles. The SMILES string of the molecule is O=C(CCC(=O)Nc1c(C2=C(O)/C(=c3/cc4c5c(c3NC(=O)CCC(=O)NO)CCC[N+]=5CCC4)C2=O)cc2c3c1CCCN3CCC2)NO. The Balaban J connectivity index is 1.38. The number of amides is 4. The van der Waals surface area contributed by atoms with Crippen molar-refractivity contribution in [3.63, 3.8) is 0 Å². The largest absolute Gasteiger partial charge is 0.506 e. The average molecular weight is 686 g/mol. The van der Waals surface area contributed by atoms with Crippen LogP contribution in [0.5, 0.6) is 0 Å². The van der Waals surface area contributed by atoms with Crippen LogP contribution < -0.4 is 41.6 Å². The van der Waals surface area contributed by atoms with Gasteiger partial charge in [0.15, 0.2) is 0 Å². The molecule has 4 amide bonds. The number of carbonyl (C=O) groups is 5. The topological polar surface area (TPSA) is 200 Å². The zero-order valence-electron chi connectivity index (χ0n) is 27.7. The van der Waals surface area contributed by atoms with Gasteiger partial charge in [0.05, 0.1) is 22.5 Å². The van der Waals surface area contributed by atoms with E-state index in [0.29, 0.717) is 35.0 Å². The quantitative estimate of drug-likeness (QED) is 0.114. The molecular formula is C36H41N6O8+. The van der Waals surface area contributed by atoms with E-state index in [1.54, 1.807) is 0 Å². The van der Waals surface area contributed by atoms with Crippen molar-refractivity contribution in [3.8, 4) is 0 Å². The number of aliphatic hydroxyl groups is 1. The lowest BCUT2D eigenvalue weighted by atomic mass is 9.77. The van der Waals surface area contributed by atoms with Gasteiger partial charge in [-0.05, 0) is 61.8 Å². The molecule has 4 heterocycles. The first-order chi connectivity index (χ1) is 24.2. The minimum Gasteiger partial charge on any atom is -0.506 e. The molecule has 0 unspecified atom stereocenters. The number of benzene rings is 2. The zero-order chi connectivity index (χ0) is 35.1. The van der Waals surface area contributed by atoms with E-state index in [1.165, 1.54) is 11.0 Å². The Morgan fingerprint density at radius 1 is 0.700 bits per heavy atom. The summed E-state index contributed by atoms with van der Waals surface area (Å²) in [5.74, 6) is -2.97. The highest BCUT2D eigenvalue weighted by molar-refractivity contribution is 6.52. The van der Waals surface area contributed by atoms with Crippen LogP contribution in [0.4, 0.5) is 17.1 Å². The summed E-state index contributed by atoms with van der Waals surface area (Å²) in [5, 5.41) is 37.0. The first-order valence-electron chi connectivity index (χ1n) is 17.4. The first-order valence-corrected chi connectivity index (χ1v) is 17.4. The van der Waals surface area contributed by atoms with E-state index < -0.39 is 29.4 Å². The van der Waals surface area contributed by atoms with Gasteiger partial charge in [0.1, 0.15) is 18.8 Å². The number of Topliss-reactive ketones (excluding diaryl/α,β-unsaturated/α-hetero) is 1. The summed E-state index contributed by atoms with van der Waals surface area (Å²) in [5.41, 5.74) is 9.43. The van der Waals surface area contributed by atoms with Crippen LogP contribution >= 0.6 is 0 Å². The fraction of sp³-hybridized carbons (Fsp3) is 0.444. The summed E-state index contributed by atoms with van der Waals surface area (Å²) in [7, 11) is 0. The number of nitrogens with one attached hydrogen (secondary N) is 4. The molecule has 0 spiro atoms. The number of nitrogens with zero attached hydrogens (tertiary/aromatic N) is 2. The van der Waals surface area contributed by atoms with E-state index in [0.717, 1.165) is 98.0 Å². The molecule has 262 valence electrons. The Kier molecular flexibility index (Phi) is 9.14. The second-order valence-corrected chi connectivity index (χ2v) is 13.6. The number of aliphatic hydroxyl groups excluding tert-OH is 1. The lowest BCUT2D eigenvalue weighted by Crippen LogP contribution is -2.46. The molecule has 0 atom stereocenters. The van der Waals surface area contributed by atoms with Crippen LogP contribution in [0.2, 0.25) is 0 Å². The molecule has 2 aromatic carbocycles. The second-order valence-electron chi connectivity index (χ2n) is 13.6. The first kappa shape index (κ1) is 33.4. The van der Waals surface area contributed by atoms with Crippen molar-refractivity contribution in [1.82, 2.24) is 15.5 Å². The Labute approximate surface area is 287 Å². The van der Waals surface area contributed by atoms with Crippen LogP contribution in [0.15, 0.2) is 17.9 Å². The molecule has 7 N–H and O–H groups in total. The highest BCUT2D eigenvalue weighted by Crippen LogP contribution is 2.47. The van der Waals surface area contributed by atoms with Crippen molar-refractivity contribution in [2.24, 2.45) is 0 Å². The Bertz CT molecular complexity index is 2010. The zero-order valence-corrected chi connectivity index (χ0v) is 27.7. The van der Waals surface area contributed by atoms with Gasteiger partial charge in [-0.15, -0.1) is 0 Å². The van der Waals surface area contributed by atoms with Gasteiger partial charge in [-0.25, -0.2) is 15.5 Å². The fourth-order valence-corrected chi connectivity index (χ4v) is 8.27. The molecule has 1 aliphatic carbocycles. The van der Waals surface area contributed by atoms with Crippen LogP contribution in [0, 0.1) is 0 Å². The number of anilines is 3. The molecule has 0 radical (unpaired) electrons. The van der Waals surface area contributed by atoms with Crippen molar-refractivity contribution in [2.45, 2.75) is 77.0 Å². The molecule has 5 aliphatic rings. The number of aryl methyl sites for hydroxylation is 2. The van der Waals surface area contributed by atoms with Gasteiger partial charge < -0.3 is 20.6 Å². The predicted octanol–water partition coefficient (Wildman–Crippen LogP) is 0.920. The lowest BCUT2D eigenvalue weighted by molar-refractivity contribution is -0.131. The number of hydrogen-bond acceptors (Lipinski definition) is 9. The normalized spacial score (nSPS) is 18.5. The van der Waals surface area contributed by atoms with Crippen molar-refractivity contribution in [3.05, 3.63) is 56.3 Å². The van der Waals surface area contributed by atoms with E-state index in [2.05, 4.69) is 20.1 Å². The highest BCUT2D eigenvalue weighted by Gasteiger charge is 2.41. The fourth-order valence-electron chi connectivity index (χ4n) is 8.27. The van der Waals surface area contributed by atoms with E-state index >= 15 is 0 Å². The van der Waals surface area contributed by atoms with Gasteiger partial charge in [0, 0.05) is 79.2 Å². The maximum absolute atomic E-state index is 14.4. The van der Waals surface area contributed by atoms with E-state index in [1.807, 2.05) is 12.1 Å². The summed E-state index contributed by atoms with van der Waals surface area (Å²) >= 11 is 0. The van der Waals surface area contributed by atoms with Crippen LogP contribution in [-0.2, 0) is 49.7 Å². The van der Waals surface area contributed by atoms with Gasteiger partial charge in [-0.2, -0.15) is 0 Å². The molecule has 0 fully saturated rings. The molecule has 4 aliphatic heterocycles. The summed E-state index contributed by atoms with van der Waals surface area (Å²) in [6, 6.07) is 3.77. The smallest absolute Gasteiger partial charge is 0.243 e. The average Bonchev–Trinajstić information content (AvgIpc) is 3.12. The molecule has 0 bridgehead atoms. The molecule has 0 aromatic heterocycles. The number of ketones is 1. The maximum atomic E-state index is 14.4. The van der Waals surface area contributed by atoms with Crippen molar-refractivity contribution >= 4 is 57.6 Å². The van der Waals surface area contributed by atoms with Gasteiger partial charge in [0.25, 0.3) is 0 Å². The summed E-state index contributed by atoms with van der Waals surface area (Å²) in [4.78, 5) is 66.3. The predicted molar refractivity (Wildman–Crippen MR) is 182 cm³/mol. The third-order valence-electron chi connectivity index (χ3n) is 10.5.